The summed E-state index contributed by atoms with van der Waals surface area (Å²) in [5.74, 6) is 6.35. The molecule has 3 rings (SSSR count). The molecule has 3 heteroatoms. The zero-order valence-corrected chi connectivity index (χ0v) is 16.2. The van der Waals surface area contributed by atoms with Gasteiger partial charge in [0, 0.05) is 18.2 Å². The molecule has 0 radical (unpaired) electrons. The first kappa shape index (κ1) is 19.7. The third-order valence-electron chi connectivity index (χ3n) is 4.72. The third-order valence-corrected chi connectivity index (χ3v) is 4.72. The first-order valence-electron chi connectivity index (χ1n) is 8.84. The molecule has 0 heterocycles. The van der Waals surface area contributed by atoms with E-state index in [1.54, 1.807) is 0 Å². The van der Waals surface area contributed by atoms with Gasteiger partial charge in [-0.2, -0.15) is 0 Å². The van der Waals surface area contributed by atoms with E-state index in [0.717, 1.165) is 37.8 Å². The molecule has 1 aliphatic carbocycles. The summed E-state index contributed by atoms with van der Waals surface area (Å²) >= 11 is 0. The second kappa shape index (κ2) is 9.77. The molecule has 0 aromatic heterocycles. The second-order valence-electron chi connectivity index (χ2n) is 6.56. The minimum Gasteiger partial charge on any atom is -0.376 e. The van der Waals surface area contributed by atoms with Crippen LogP contribution in [-0.4, -0.2) is 16.7 Å². The highest BCUT2D eigenvalue weighted by Gasteiger charge is 2.35. The average Bonchev–Trinajstić information content (AvgIpc) is 2.82. The molecular formula is C22H26BrNO. The molecule has 0 spiro atoms. The molecule has 0 amide bonds. The summed E-state index contributed by atoms with van der Waals surface area (Å²) in [4.78, 5) is 0. The summed E-state index contributed by atoms with van der Waals surface area (Å²) in [5, 5.41) is 14.8. The number of nitrogens with one attached hydrogen (secondary N) is 1. The van der Waals surface area contributed by atoms with Gasteiger partial charge in [-0.25, -0.2) is 0 Å². The molecule has 0 unspecified atom stereocenters. The largest absolute Gasteiger partial charge is 0.376 e. The van der Waals surface area contributed by atoms with Crippen LogP contribution < -0.4 is 5.32 Å². The van der Waals surface area contributed by atoms with Gasteiger partial charge in [0.2, 0.25) is 0 Å². The number of hydrogen-bond donors (Lipinski definition) is 2. The summed E-state index contributed by atoms with van der Waals surface area (Å²) in [6.45, 7) is 0.765. The van der Waals surface area contributed by atoms with E-state index in [9.17, 15) is 5.11 Å². The van der Waals surface area contributed by atoms with Crippen molar-refractivity contribution in [2.45, 2.75) is 50.3 Å². The molecule has 0 aliphatic heterocycles. The zero-order valence-electron chi connectivity index (χ0n) is 14.4. The number of benzene rings is 2. The highest BCUT2D eigenvalue weighted by atomic mass is 79.9. The highest BCUT2D eigenvalue weighted by molar-refractivity contribution is 8.93. The molecule has 1 fully saturated rings. The van der Waals surface area contributed by atoms with Gasteiger partial charge in [-0.15, -0.1) is 17.0 Å². The molecule has 1 aliphatic rings. The van der Waals surface area contributed by atoms with Gasteiger partial charge in [-0.1, -0.05) is 73.2 Å². The molecule has 2 nitrogen and oxygen atoms in total. The van der Waals surface area contributed by atoms with E-state index in [-0.39, 0.29) is 23.0 Å². The van der Waals surface area contributed by atoms with Crippen molar-refractivity contribution in [3.63, 3.8) is 0 Å². The second-order valence-corrected chi connectivity index (χ2v) is 6.56. The molecule has 1 saturated carbocycles. The van der Waals surface area contributed by atoms with E-state index >= 15 is 0 Å². The molecule has 2 aromatic rings. The van der Waals surface area contributed by atoms with Crippen molar-refractivity contribution in [2.24, 2.45) is 0 Å². The fraction of sp³-hybridized carbons (Fsp3) is 0.364. The predicted molar refractivity (Wildman–Crippen MR) is 109 cm³/mol. The summed E-state index contributed by atoms with van der Waals surface area (Å²) in [7, 11) is 0. The van der Waals surface area contributed by atoms with Gasteiger partial charge in [0.25, 0.3) is 0 Å². The van der Waals surface area contributed by atoms with Crippen molar-refractivity contribution in [1.29, 1.82) is 0 Å². The maximum atomic E-state index is 11.2. The molecule has 0 saturated heterocycles. The molecule has 25 heavy (non-hydrogen) atoms. The standard InChI is InChI=1S/C22H25NO.BrH/c24-22(17-15-19-10-4-1-5-11-19)16-9-3-8-14-21(22)23-18-20-12-6-2-7-13-20;/h1-2,4-7,10-13,21,23-24H,3,8-9,14,16,18H2;1H/t21-,22+;/m0./s1. The Morgan fingerprint density at radius 2 is 1.64 bits per heavy atom. The SMILES string of the molecule is Br.O[C@@]1(C#Cc2ccccc2)CCCCC[C@@H]1NCc1ccccc1. The van der Waals surface area contributed by atoms with Gasteiger partial charge in [0.15, 0.2) is 0 Å². The molecule has 132 valence electrons. The number of aliphatic hydroxyl groups is 1. The van der Waals surface area contributed by atoms with Crippen molar-refractivity contribution < 1.29 is 5.11 Å². The maximum Gasteiger partial charge on any atom is 0.141 e. The Morgan fingerprint density at radius 3 is 2.36 bits per heavy atom. The Kier molecular flexibility index (Phi) is 7.71. The van der Waals surface area contributed by atoms with E-state index in [0.29, 0.717) is 0 Å². The van der Waals surface area contributed by atoms with E-state index in [1.807, 2.05) is 48.5 Å². The lowest BCUT2D eigenvalue weighted by atomic mass is 9.89. The third kappa shape index (κ3) is 5.71. The fourth-order valence-electron chi connectivity index (χ4n) is 3.29. The summed E-state index contributed by atoms with van der Waals surface area (Å²) in [5.41, 5.74) is 1.23. The Labute approximate surface area is 161 Å². The number of hydrogen-bond acceptors (Lipinski definition) is 2. The van der Waals surface area contributed by atoms with Crippen LogP contribution in [0.25, 0.3) is 0 Å². The predicted octanol–water partition coefficient (Wildman–Crippen LogP) is 4.47. The van der Waals surface area contributed by atoms with Gasteiger partial charge in [-0.3, -0.25) is 0 Å². The van der Waals surface area contributed by atoms with Gasteiger partial charge in [0.05, 0.1) is 0 Å². The van der Waals surface area contributed by atoms with Crippen LogP contribution in [0.1, 0.15) is 43.2 Å². The van der Waals surface area contributed by atoms with Crippen molar-refractivity contribution in [3.05, 3.63) is 71.8 Å². The molecule has 0 bridgehead atoms. The maximum absolute atomic E-state index is 11.2. The lowest BCUT2D eigenvalue weighted by Gasteiger charge is -2.31. The number of rotatable bonds is 3. The minimum atomic E-state index is -0.957. The summed E-state index contributed by atoms with van der Waals surface area (Å²) in [6.07, 6.45) is 5.04. The molecule has 2 aromatic carbocycles. The van der Waals surface area contributed by atoms with Crippen LogP contribution in [0.3, 0.4) is 0 Å². The lowest BCUT2D eigenvalue weighted by molar-refractivity contribution is 0.0506. The Hall–Kier alpha value is -1.60. The number of halogens is 1. The Bertz CT molecular complexity index is 692. The smallest absolute Gasteiger partial charge is 0.141 e. The van der Waals surface area contributed by atoms with Crippen molar-refractivity contribution in [2.75, 3.05) is 0 Å². The van der Waals surface area contributed by atoms with Crippen molar-refractivity contribution >= 4 is 17.0 Å². The molecule has 2 N–H and O–H groups in total. The van der Waals surface area contributed by atoms with Crippen LogP contribution in [0, 0.1) is 11.8 Å². The van der Waals surface area contributed by atoms with E-state index < -0.39 is 5.60 Å². The normalized spacial score (nSPS) is 22.8. The highest BCUT2D eigenvalue weighted by Crippen LogP contribution is 2.27. The average molecular weight is 400 g/mol. The first-order chi connectivity index (χ1) is 11.8. The van der Waals surface area contributed by atoms with Crippen LogP contribution in [-0.2, 0) is 6.54 Å². The van der Waals surface area contributed by atoms with Crippen LogP contribution in [0.15, 0.2) is 60.7 Å². The van der Waals surface area contributed by atoms with Gasteiger partial charge in [-0.05, 0) is 37.0 Å². The van der Waals surface area contributed by atoms with E-state index in [2.05, 4.69) is 29.3 Å². The lowest BCUT2D eigenvalue weighted by Crippen LogP contribution is -2.49. The van der Waals surface area contributed by atoms with Gasteiger partial charge in [0.1, 0.15) is 5.60 Å². The monoisotopic (exact) mass is 399 g/mol. The molecule has 2 atom stereocenters. The topological polar surface area (TPSA) is 32.3 Å². The quantitative estimate of drug-likeness (QED) is 0.589. The van der Waals surface area contributed by atoms with Crippen LogP contribution >= 0.6 is 17.0 Å². The molecular weight excluding hydrogens is 374 g/mol. The van der Waals surface area contributed by atoms with Crippen LogP contribution in [0.5, 0.6) is 0 Å². The summed E-state index contributed by atoms with van der Waals surface area (Å²) < 4.78 is 0. The van der Waals surface area contributed by atoms with E-state index in [4.69, 9.17) is 0 Å². The van der Waals surface area contributed by atoms with Crippen LogP contribution in [0.2, 0.25) is 0 Å². The van der Waals surface area contributed by atoms with Gasteiger partial charge < -0.3 is 10.4 Å². The van der Waals surface area contributed by atoms with Gasteiger partial charge >= 0.3 is 0 Å². The summed E-state index contributed by atoms with van der Waals surface area (Å²) in [6, 6.07) is 20.3. The first-order valence-corrected chi connectivity index (χ1v) is 8.84. The fourth-order valence-corrected chi connectivity index (χ4v) is 3.29. The van der Waals surface area contributed by atoms with Crippen LogP contribution in [0.4, 0.5) is 0 Å². The Morgan fingerprint density at radius 1 is 0.960 bits per heavy atom. The zero-order chi connectivity index (χ0) is 16.7. The van der Waals surface area contributed by atoms with E-state index in [1.165, 1.54) is 12.0 Å². The Balaban J connectivity index is 0.00000225. The minimum absolute atomic E-state index is 0. The van der Waals surface area contributed by atoms with Crippen molar-refractivity contribution in [3.8, 4) is 11.8 Å². The van der Waals surface area contributed by atoms with Crippen molar-refractivity contribution in [1.82, 2.24) is 5.32 Å².